The van der Waals surface area contributed by atoms with Crippen LogP contribution in [-0.4, -0.2) is 54.0 Å². The van der Waals surface area contributed by atoms with Gasteiger partial charge >= 0.3 is 6.03 Å². The highest BCUT2D eigenvalue weighted by atomic mass is 35.5. The summed E-state index contributed by atoms with van der Waals surface area (Å²) in [4.78, 5) is 28.3. The zero-order valence-corrected chi connectivity index (χ0v) is 22.3. The molecule has 3 heterocycles. The van der Waals surface area contributed by atoms with Gasteiger partial charge in [-0.25, -0.2) is 4.79 Å². The monoisotopic (exact) mass is 510 g/mol. The molecular weight excluding hydrogens is 472 g/mol. The van der Waals surface area contributed by atoms with Crippen LogP contribution in [0.5, 0.6) is 0 Å². The highest BCUT2D eigenvalue weighted by Crippen LogP contribution is 2.45. The molecule has 7 heteroatoms. The predicted octanol–water partition coefficient (Wildman–Crippen LogP) is 4.90. The first-order valence-corrected chi connectivity index (χ1v) is 13.9. The van der Waals surface area contributed by atoms with E-state index in [0.717, 1.165) is 56.6 Å². The molecule has 3 amide bonds. The molecule has 1 aromatic rings. The Morgan fingerprint density at radius 2 is 1.72 bits per heavy atom. The van der Waals surface area contributed by atoms with Crippen LogP contribution < -0.4 is 11.1 Å². The fourth-order valence-corrected chi connectivity index (χ4v) is 7.31. The number of fused-ring (bicyclic) bond motifs is 2. The number of urea groups is 1. The van der Waals surface area contributed by atoms with Crippen molar-refractivity contribution in [1.82, 2.24) is 15.1 Å². The van der Waals surface area contributed by atoms with Crippen molar-refractivity contribution in [2.24, 2.45) is 17.6 Å². The third-order valence-corrected chi connectivity index (χ3v) is 9.12. The van der Waals surface area contributed by atoms with E-state index in [-0.39, 0.29) is 11.9 Å². The molecule has 2 fully saturated rings. The number of nitrogens with zero attached hydrogens (tertiary/aromatic N) is 2. The van der Waals surface area contributed by atoms with E-state index in [9.17, 15) is 9.59 Å². The van der Waals surface area contributed by atoms with Gasteiger partial charge in [0.2, 0.25) is 5.91 Å². The zero-order valence-electron chi connectivity index (χ0n) is 21.6. The Kier molecular flexibility index (Phi) is 7.34. The van der Waals surface area contributed by atoms with Gasteiger partial charge in [-0.05, 0) is 110 Å². The molecule has 6 nitrogen and oxygen atoms in total. The molecule has 2 atom stereocenters. The predicted molar refractivity (Wildman–Crippen MR) is 144 cm³/mol. The number of allylic oxidation sites excluding steroid dienone is 2. The Morgan fingerprint density at radius 1 is 1.03 bits per heavy atom. The lowest BCUT2D eigenvalue weighted by Gasteiger charge is -2.42. The molecular formula is C29H39ClN4O2. The van der Waals surface area contributed by atoms with E-state index in [4.69, 9.17) is 17.3 Å². The molecule has 194 valence electrons. The number of amides is 3. The first-order valence-electron chi connectivity index (χ1n) is 13.5. The van der Waals surface area contributed by atoms with Gasteiger partial charge in [0.1, 0.15) is 0 Å². The number of hydrogen-bond acceptors (Lipinski definition) is 3. The molecule has 4 aliphatic rings. The smallest absolute Gasteiger partial charge is 0.314 e. The second kappa shape index (κ2) is 10.5. The standard InChI is InChI=1S/C29H39ClN4O2/c1-18-13-23-4-3-22-16-24(30)14-19(2)26(22)27(28(23)32-17-18)21-7-11-33(12-8-21)25(35)15-20-5-9-34(10-6-20)29(31)36/h13-14,16-17,20-21,27-28,32H,3-12,15H2,1-2H3,(H2,31,36). The summed E-state index contributed by atoms with van der Waals surface area (Å²) in [5, 5.41) is 4.59. The number of likely N-dealkylation sites (tertiary alicyclic amines) is 2. The number of aryl methyl sites for hydroxylation is 2. The summed E-state index contributed by atoms with van der Waals surface area (Å²) < 4.78 is 0. The van der Waals surface area contributed by atoms with Crippen molar-refractivity contribution in [3.8, 4) is 0 Å². The molecule has 36 heavy (non-hydrogen) atoms. The molecule has 0 bridgehead atoms. The van der Waals surface area contributed by atoms with Crippen LogP contribution in [0.15, 0.2) is 35.6 Å². The van der Waals surface area contributed by atoms with E-state index in [2.05, 4.69) is 48.5 Å². The van der Waals surface area contributed by atoms with Crippen molar-refractivity contribution in [3.05, 3.63) is 57.3 Å². The number of primary amides is 1. The van der Waals surface area contributed by atoms with Crippen molar-refractivity contribution >= 4 is 23.5 Å². The normalized spacial score (nSPS) is 25.2. The fraction of sp³-hybridized carbons (Fsp3) is 0.586. The number of hydrogen-bond donors (Lipinski definition) is 2. The molecule has 1 aliphatic carbocycles. The summed E-state index contributed by atoms with van der Waals surface area (Å²) in [6.07, 6.45) is 11.0. The van der Waals surface area contributed by atoms with Gasteiger partial charge in [-0.3, -0.25) is 4.79 Å². The van der Waals surface area contributed by atoms with Crippen LogP contribution in [-0.2, 0) is 11.2 Å². The lowest BCUT2D eigenvalue weighted by molar-refractivity contribution is -0.134. The van der Waals surface area contributed by atoms with E-state index >= 15 is 0 Å². The number of benzene rings is 1. The van der Waals surface area contributed by atoms with Crippen LogP contribution in [0.25, 0.3) is 0 Å². The van der Waals surface area contributed by atoms with E-state index in [1.807, 2.05) is 0 Å². The van der Waals surface area contributed by atoms with Gasteiger partial charge in [-0.1, -0.05) is 17.7 Å². The Morgan fingerprint density at radius 3 is 2.42 bits per heavy atom. The number of dihydropyridines is 1. The summed E-state index contributed by atoms with van der Waals surface area (Å²) in [6.45, 7) is 7.34. The molecule has 0 saturated carbocycles. The van der Waals surface area contributed by atoms with Crippen LogP contribution in [0.4, 0.5) is 4.79 Å². The van der Waals surface area contributed by atoms with Crippen molar-refractivity contribution in [2.75, 3.05) is 26.2 Å². The number of carbonyl (C=O) groups excluding carboxylic acids is 2. The molecule has 0 radical (unpaired) electrons. The number of nitrogens with one attached hydrogen (secondary N) is 1. The van der Waals surface area contributed by atoms with Gasteiger partial charge in [-0.2, -0.15) is 0 Å². The average molecular weight is 511 g/mol. The third kappa shape index (κ3) is 5.15. The molecule has 2 saturated heterocycles. The third-order valence-electron chi connectivity index (χ3n) is 8.91. The van der Waals surface area contributed by atoms with Gasteiger partial charge in [0.25, 0.3) is 0 Å². The lowest BCUT2D eigenvalue weighted by atomic mass is 9.72. The van der Waals surface area contributed by atoms with Crippen molar-refractivity contribution < 1.29 is 9.59 Å². The average Bonchev–Trinajstić information content (AvgIpc) is 3.01. The topological polar surface area (TPSA) is 78.7 Å². The lowest BCUT2D eigenvalue weighted by Crippen LogP contribution is -2.45. The quantitative estimate of drug-likeness (QED) is 0.607. The molecule has 3 N–H and O–H groups in total. The van der Waals surface area contributed by atoms with E-state index in [1.54, 1.807) is 4.90 Å². The van der Waals surface area contributed by atoms with E-state index in [0.29, 0.717) is 43.3 Å². The van der Waals surface area contributed by atoms with E-state index in [1.165, 1.54) is 27.8 Å². The van der Waals surface area contributed by atoms with Gasteiger partial charge < -0.3 is 20.9 Å². The summed E-state index contributed by atoms with van der Waals surface area (Å²) in [7, 11) is 0. The van der Waals surface area contributed by atoms with Crippen LogP contribution in [0.1, 0.15) is 68.1 Å². The number of nitrogens with two attached hydrogens (primary N) is 1. The maximum Gasteiger partial charge on any atom is 0.314 e. The number of piperidine rings is 2. The Hall–Kier alpha value is -2.47. The minimum Gasteiger partial charge on any atom is -0.384 e. The van der Waals surface area contributed by atoms with Gasteiger partial charge in [0.05, 0.1) is 6.04 Å². The Bertz CT molecular complexity index is 1080. The molecule has 5 rings (SSSR count). The Labute approximate surface area is 219 Å². The second-order valence-corrected chi connectivity index (χ2v) is 11.7. The molecule has 2 unspecified atom stereocenters. The minimum absolute atomic E-state index is 0.269. The van der Waals surface area contributed by atoms with Crippen LogP contribution >= 0.6 is 11.6 Å². The summed E-state index contributed by atoms with van der Waals surface area (Å²) in [5.41, 5.74) is 12.3. The van der Waals surface area contributed by atoms with E-state index < -0.39 is 0 Å². The molecule has 0 spiro atoms. The molecule has 0 aromatic heterocycles. The second-order valence-electron chi connectivity index (χ2n) is 11.3. The van der Waals surface area contributed by atoms with Gasteiger partial charge in [0.15, 0.2) is 0 Å². The zero-order chi connectivity index (χ0) is 25.4. The van der Waals surface area contributed by atoms with Crippen LogP contribution in [0.2, 0.25) is 5.02 Å². The minimum atomic E-state index is -0.351. The van der Waals surface area contributed by atoms with Crippen molar-refractivity contribution in [3.63, 3.8) is 0 Å². The largest absolute Gasteiger partial charge is 0.384 e. The first-order chi connectivity index (χ1) is 17.3. The van der Waals surface area contributed by atoms with Crippen LogP contribution in [0.3, 0.4) is 0 Å². The molecule has 1 aromatic carbocycles. The number of halogens is 1. The summed E-state index contributed by atoms with van der Waals surface area (Å²) in [5.74, 6) is 1.51. The summed E-state index contributed by atoms with van der Waals surface area (Å²) >= 11 is 6.49. The van der Waals surface area contributed by atoms with Crippen LogP contribution in [0, 0.1) is 18.8 Å². The maximum atomic E-state index is 13.2. The maximum absolute atomic E-state index is 13.2. The fourth-order valence-electron chi connectivity index (χ4n) is 7.02. The highest BCUT2D eigenvalue weighted by Gasteiger charge is 2.40. The van der Waals surface area contributed by atoms with Crippen molar-refractivity contribution in [1.29, 1.82) is 0 Å². The number of carbonyl (C=O) groups is 2. The Balaban J connectivity index is 1.28. The SMILES string of the molecule is CC1=CNC2C(=C1)CCc1cc(Cl)cc(C)c1C2C1CCN(C(=O)CC2CCN(C(N)=O)CC2)CC1. The number of rotatable bonds is 3. The van der Waals surface area contributed by atoms with Gasteiger partial charge in [-0.15, -0.1) is 0 Å². The highest BCUT2D eigenvalue weighted by molar-refractivity contribution is 6.30. The summed E-state index contributed by atoms with van der Waals surface area (Å²) in [6, 6.07) is 4.25. The molecule has 3 aliphatic heterocycles. The van der Waals surface area contributed by atoms with Crippen molar-refractivity contribution in [2.45, 2.75) is 70.8 Å². The van der Waals surface area contributed by atoms with Gasteiger partial charge in [0, 0.05) is 43.5 Å². The first kappa shape index (κ1) is 25.2.